The molecule has 0 fully saturated rings. The van der Waals surface area contributed by atoms with Crippen LogP contribution in [-0.2, 0) is 0 Å². The lowest BCUT2D eigenvalue weighted by molar-refractivity contribution is 0.412. The molecule has 0 saturated heterocycles. The van der Waals surface area contributed by atoms with Crippen LogP contribution in [0.25, 0.3) is 11.4 Å². The quantitative estimate of drug-likeness (QED) is 0.832. The Morgan fingerprint density at radius 2 is 2.06 bits per heavy atom. The van der Waals surface area contributed by atoms with Crippen molar-refractivity contribution in [2.45, 2.75) is 6.92 Å². The Labute approximate surface area is 94.1 Å². The topological polar surface area (TPSA) is 61.0 Å². The SMILES string of the molecule is COc1ccc(-c2nccc(N)n2)cc1C. The smallest absolute Gasteiger partial charge is 0.161 e. The van der Waals surface area contributed by atoms with Gasteiger partial charge in [0.05, 0.1) is 7.11 Å². The first-order chi connectivity index (χ1) is 7.70. The summed E-state index contributed by atoms with van der Waals surface area (Å²) in [6, 6.07) is 7.46. The molecule has 0 atom stereocenters. The van der Waals surface area contributed by atoms with Crippen molar-refractivity contribution in [3.05, 3.63) is 36.0 Å². The van der Waals surface area contributed by atoms with Gasteiger partial charge in [0.1, 0.15) is 11.6 Å². The van der Waals surface area contributed by atoms with Crippen LogP contribution in [0.5, 0.6) is 5.75 Å². The van der Waals surface area contributed by atoms with E-state index in [4.69, 9.17) is 10.5 Å². The van der Waals surface area contributed by atoms with Crippen molar-refractivity contribution in [2.24, 2.45) is 0 Å². The molecule has 0 radical (unpaired) electrons. The van der Waals surface area contributed by atoms with Crippen molar-refractivity contribution < 1.29 is 4.74 Å². The number of nitrogen functional groups attached to an aromatic ring is 1. The monoisotopic (exact) mass is 215 g/mol. The third-order valence-corrected chi connectivity index (χ3v) is 2.33. The summed E-state index contributed by atoms with van der Waals surface area (Å²) in [6.45, 7) is 1.98. The fourth-order valence-corrected chi connectivity index (χ4v) is 1.53. The van der Waals surface area contributed by atoms with Gasteiger partial charge in [-0.25, -0.2) is 9.97 Å². The van der Waals surface area contributed by atoms with Crippen LogP contribution in [-0.4, -0.2) is 17.1 Å². The summed E-state index contributed by atoms with van der Waals surface area (Å²) < 4.78 is 5.19. The Morgan fingerprint density at radius 3 is 2.69 bits per heavy atom. The van der Waals surface area contributed by atoms with Gasteiger partial charge < -0.3 is 10.5 Å². The zero-order valence-corrected chi connectivity index (χ0v) is 9.27. The number of rotatable bonds is 2. The van der Waals surface area contributed by atoms with Crippen LogP contribution in [0.15, 0.2) is 30.5 Å². The molecule has 0 aliphatic rings. The maximum atomic E-state index is 5.61. The molecule has 0 bridgehead atoms. The third kappa shape index (κ3) is 1.95. The lowest BCUT2D eigenvalue weighted by Gasteiger charge is -2.06. The highest BCUT2D eigenvalue weighted by molar-refractivity contribution is 5.59. The normalized spacial score (nSPS) is 10.1. The number of nitrogens with zero attached hydrogens (tertiary/aromatic N) is 2. The Bertz CT molecular complexity index is 511. The third-order valence-electron chi connectivity index (χ3n) is 2.33. The Balaban J connectivity index is 2.45. The molecule has 0 spiro atoms. The van der Waals surface area contributed by atoms with Crippen LogP contribution in [0.4, 0.5) is 5.82 Å². The van der Waals surface area contributed by atoms with Crippen LogP contribution in [0.1, 0.15) is 5.56 Å². The van der Waals surface area contributed by atoms with Gasteiger partial charge in [0.25, 0.3) is 0 Å². The first kappa shape index (κ1) is 10.4. The molecular formula is C12H13N3O. The van der Waals surface area contributed by atoms with Crippen LogP contribution in [0.3, 0.4) is 0 Å². The van der Waals surface area contributed by atoms with Crippen LogP contribution in [0, 0.1) is 6.92 Å². The van der Waals surface area contributed by atoms with Crippen LogP contribution < -0.4 is 10.5 Å². The van der Waals surface area contributed by atoms with Crippen molar-refractivity contribution in [3.8, 4) is 17.1 Å². The molecule has 1 aromatic carbocycles. The highest BCUT2D eigenvalue weighted by Crippen LogP contribution is 2.23. The molecular weight excluding hydrogens is 202 g/mol. The lowest BCUT2D eigenvalue weighted by atomic mass is 10.1. The molecule has 2 rings (SSSR count). The van der Waals surface area contributed by atoms with Crippen LogP contribution in [0.2, 0.25) is 0 Å². The predicted molar refractivity (Wildman–Crippen MR) is 63.2 cm³/mol. The minimum Gasteiger partial charge on any atom is -0.496 e. The summed E-state index contributed by atoms with van der Waals surface area (Å²) in [7, 11) is 1.65. The number of benzene rings is 1. The van der Waals surface area contributed by atoms with E-state index >= 15 is 0 Å². The Morgan fingerprint density at radius 1 is 1.25 bits per heavy atom. The van der Waals surface area contributed by atoms with Gasteiger partial charge in [0, 0.05) is 11.8 Å². The van der Waals surface area contributed by atoms with Gasteiger partial charge in [-0.2, -0.15) is 0 Å². The second-order valence-electron chi connectivity index (χ2n) is 3.49. The second-order valence-corrected chi connectivity index (χ2v) is 3.49. The molecule has 0 aliphatic heterocycles. The van der Waals surface area contributed by atoms with Gasteiger partial charge in [-0.05, 0) is 36.8 Å². The van der Waals surface area contributed by atoms with Gasteiger partial charge in [-0.15, -0.1) is 0 Å². The van der Waals surface area contributed by atoms with Crippen LogP contribution >= 0.6 is 0 Å². The number of hydrogen-bond acceptors (Lipinski definition) is 4. The van der Waals surface area contributed by atoms with E-state index in [1.165, 1.54) is 0 Å². The van der Waals surface area contributed by atoms with E-state index in [1.54, 1.807) is 19.4 Å². The molecule has 4 heteroatoms. The molecule has 0 amide bonds. The summed E-state index contributed by atoms with van der Waals surface area (Å²) in [6.07, 6.45) is 1.65. The molecule has 2 aromatic rings. The minimum atomic E-state index is 0.471. The summed E-state index contributed by atoms with van der Waals surface area (Å²) in [5.41, 5.74) is 7.60. The summed E-state index contributed by atoms with van der Waals surface area (Å²) >= 11 is 0. The summed E-state index contributed by atoms with van der Waals surface area (Å²) in [5.74, 6) is 1.96. The van der Waals surface area contributed by atoms with Gasteiger partial charge in [-0.3, -0.25) is 0 Å². The first-order valence-corrected chi connectivity index (χ1v) is 4.94. The molecule has 4 nitrogen and oxygen atoms in total. The van der Waals surface area contributed by atoms with Crippen molar-refractivity contribution in [1.82, 2.24) is 9.97 Å². The number of hydrogen-bond donors (Lipinski definition) is 1. The molecule has 0 unspecified atom stereocenters. The zero-order valence-electron chi connectivity index (χ0n) is 9.27. The minimum absolute atomic E-state index is 0.471. The number of aryl methyl sites for hydroxylation is 1. The van der Waals surface area contributed by atoms with Gasteiger partial charge in [0.15, 0.2) is 5.82 Å². The fourth-order valence-electron chi connectivity index (χ4n) is 1.53. The lowest BCUT2D eigenvalue weighted by Crippen LogP contribution is -1.95. The van der Waals surface area contributed by atoms with Gasteiger partial charge in [-0.1, -0.05) is 0 Å². The second kappa shape index (κ2) is 4.18. The predicted octanol–water partition coefficient (Wildman–Crippen LogP) is 2.04. The Hall–Kier alpha value is -2.10. The number of anilines is 1. The van der Waals surface area contributed by atoms with E-state index in [0.29, 0.717) is 11.6 Å². The molecule has 0 saturated carbocycles. The molecule has 16 heavy (non-hydrogen) atoms. The molecule has 1 aromatic heterocycles. The Kier molecular flexibility index (Phi) is 2.72. The number of methoxy groups -OCH3 is 1. The molecule has 1 heterocycles. The largest absolute Gasteiger partial charge is 0.496 e. The van der Waals surface area contributed by atoms with E-state index in [0.717, 1.165) is 16.9 Å². The van der Waals surface area contributed by atoms with E-state index in [2.05, 4.69) is 9.97 Å². The number of ether oxygens (including phenoxy) is 1. The zero-order chi connectivity index (χ0) is 11.5. The maximum Gasteiger partial charge on any atom is 0.161 e. The molecule has 0 aliphatic carbocycles. The van der Waals surface area contributed by atoms with Gasteiger partial charge >= 0.3 is 0 Å². The highest BCUT2D eigenvalue weighted by atomic mass is 16.5. The van der Waals surface area contributed by atoms with Crippen molar-refractivity contribution in [1.29, 1.82) is 0 Å². The number of nitrogens with two attached hydrogens (primary N) is 1. The highest BCUT2D eigenvalue weighted by Gasteiger charge is 2.04. The van der Waals surface area contributed by atoms with Gasteiger partial charge in [0.2, 0.25) is 0 Å². The van der Waals surface area contributed by atoms with E-state index in [9.17, 15) is 0 Å². The maximum absolute atomic E-state index is 5.61. The molecule has 82 valence electrons. The number of aromatic nitrogens is 2. The summed E-state index contributed by atoms with van der Waals surface area (Å²) in [4.78, 5) is 8.34. The van der Waals surface area contributed by atoms with E-state index in [1.807, 2.05) is 25.1 Å². The average Bonchev–Trinajstić information content (AvgIpc) is 2.29. The van der Waals surface area contributed by atoms with E-state index < -0.39 is 0 Å². The van der Waals surface area contributed by atoms with Crippen molar-refractivity contribution in [3.63, 3.8) is 0 Å². The first-order valence-electron chi connectivity index (χ1n) is 4.94. The summed E-state index contributed by atoms with van der Waals surface area (Å²) in [5, 5.41) is 0. The fraction of sp³-hybridized carbons (Fsp3) is 0.167. The van der Waals surface area contributed by atoms with Crippen molar-refractivity contribution >= 4 is 5.82 Å². The standard InChI is InChI=1S/C12H13N3O/c1-8-7-9(3-4-10(8)16-2)12-14-6-5-11(13)15-12/h3-7H,1-2H3,(H2,13,14,15). The van der Waals surface area contributed by atoms with Crippen molar-refractivity contribution in [2.75, 3.05) is 12.8 Å². The average molecular weight is 215 g/mol. The molecule has 2 N–H and O–H groups in total. The van der Waals surface area contributed by atoms with E-state index in [-0.39, 0.29) is 0 Å².